The van der Waals surface area contributed by atoms with Crippen molar-refractivity contribution < 1.29 is 0 Å². The van der Waals surface area contributed by atoms with Crippen molar-refractivity contribution in [2.75, 3.05) is 13.1 Å². The molecule has 0 aliphatic carbocycles. The summed E-state index contributed by atoms with van der Waals surface area (Å²) in [6.07, 6.45) is 33.8. The number of hydrogen-bond acceptors (Lipinski definition) is 2. The second-order valence-electron chi connectivity index (χ2n) is 9.36. The van der Waals surface area contributed by atoms with E-state index in [-0.39, 0.29) is 0 Å². The molecule has 0 aromatic rings. The van der Waals surface area contributed by atoms with Crippen molar-refractivity contribution in [3.8, 4) is 0 Å². The lowest BCUT2D eigenvalue weighted by molar-refractivity contribution is 0.536. The number of rotatable bonds is 24. The van der Waals surface area contributed by atoms with E-state index in [4.69, 9.17) is 11.5 Å². The molecular formula is C28H62N2. The van der Waals surface area contributed by atoms with E-state index in [0.29, 0.717) is 0 Å². The summed E-state index contributed by atoms with van der Waals surface area (Å²) >= 11 is 0. The van der Waals surface area contributed by atoms with Gasteiger partial charge >= 0.3 is 0 Å². The van der Waals surface area contributed by atoms with Crippen molar-refractivity contribution in [2.24, 2.45) is 11.5 Å². The Hall–Kier alpha value is -0.0800. The fourth-order valence-corrected chi connectivity index (χ4v) is 3.97. The first-order valence-corrected chi connectivity index (χ1v) is 14.2. The maximum absolute atomic E-state index is 5.47. The first-order chi connectivity index (χ1) is 14.8. The Morgan fingerprint density at radius 3 is 0.600 bits per heavy atom. The summed E-state index contributed by atoms with van der Waals surface area (Å²) in [5.74, 6) is 0. The van der Waals surface area contributed by atoms with E-state index in [1.54, 1.807) is 0 Å². The minimum Gasteiger partial charge on any atom is -0.330 e. The van der Waals surface area contributed by atoms with Gasteiger partial charge in [-0.1, -0.05) is 155 Å². The molecule has 0 saturated heterocycles. The van der Waals surface area contributed by atoms with Crippen LogP contribution in [0.25, 0.3) is 0 Å². The molecular weight excluding hydrogens is 364 g/mol. The molecule has 4 N–H and O–H groups in total. The largest absolute Gasteiger partial charge is 0.330 e. The van der Waals surface area contributed by atoms with Gasteiger partial charge in [0.25, 0.3) is 0 Å². The zero-order valence-corrected chi connectivity index (χ0v) is 21.5. The van der Waals surface area contributed by atoms with E-state index < -0.39 is 0 Å². The summed E-state index contributed by atoms with van der Waals surface area (Å²) in [5, 5.41) is 0. The van der Waals surface area contributed by atoms with Gasteiger partial charge in [0.2, 0.25) is 0 Å². The van der Waals surface area contributed by atoms with E-state index in [0.717, 1.165) is 13.1 Å². The van der Waals surface area contributed by atoms with E-state index in [1.165, 1.54) is 154 Å². The highest BCUT2D eigenvalue weighted by Gasteiger charge is 1.93. The van der Waals surface area contributed by atoms with Crippen LogP contribution in [0.4, 0.5) is 0 Å². The van der Waals surface area contributed by atoms with Gasteiger partial charge in [-0.15, -0.1) is 0 Å². The van der Waals surface area contributed by atoms with Crippen LogP contribution in [-0.2, 0) is 0 Å². The van der Waals surface area contributed by atoms with E-state index >= 15 is 0 Å². The molecule has 184 valence electrons. The highest BCUT2D eigenvalue weighted by molar-refractivity contribution is 4.49. The molecule has 0 amide bonds. The van der Waals surface area contributed by atoms with E-state index in [9.17, 15) is 0 Å². The van der Waals surface area contributed by atoms with Gasteiger partial charge in [0.05, 0.1) is 0 Å². The third kappa shape index (κ3) is 35.4. The van der Waals surface area contributed by atoms with E-state index in [1.807, 2.05) is 0 Å². The van der Waals surface area contributed by atoms with Gasteiger partial charge in [-0.05, 0) is 25.9 Å². The summed E-state index contributed by atoms with van der Waals surface area (Å²) in [5.41, 5.74) is 10.9. The van der Waals surface area contributed by atoms with E-state index in [2.05, 4.69) is 13.8 Å². The standard InChI is InChI=1S/C16H35N.C12H27N/c1-2-3-4-5-6-7-8-9-10-11-12-13-14-15-16-17;1-2-3-4-5-6-7-8-9-10-11-12-13/h2-17H2,1H3;2-13H2,1H3. The van der Waals surface area contributed by atoms with Crippen LogP contribution in [0, 0.1) is 0 Å². The van der Waals surface area contributed by atoms with Crippen LogP contribution in [0.1, 0.15) is 168 Å². The molecule has 0 aliphatic rings. The minimum atomic E-state index is 0.872. The Morgan fingerprint density at radius 2 is 0.433 bits per heavy atom. The van der Waals surface area contributed by atoms with Crippen molar-refractivity contribution in [1.82, 2.24) is 0 Å². The second-order valence-corrected chi connectivity index (χ2v) is 9.36. The first kappa shape index (κ1) is 32.1. The van der Waals surface area contributed by atoms with Gasteiger partial charge in [-0.3, -0.25) is 0 Å². The molecule has 2 heteroatoms. The predicted octanol–water partition coefficient (Wildman–Crippen LogP) is 9.29. The SMILES string of the molecule is CCCCCCCCCCCCCCCCN.CCCCCCCCCCCCN. The maximum Gasteiger partial charge on any atom is -0.00773 e. The molecule has 30 heavy (non-hydrogen) atoms. The van der Waals surface area contributed by atoms with Crippen LogP contribution < -0.4 is 11.5 Å². The highest BCUT2D eigenvalue weighted by Crippen LogP contribution is 2.13. The average molecular weight is 427 g/mol. The Labute approximate surface area is 192 Å². The topological polar surface area (TPSA) is 52.0 Å². The monoisotopic (exact) mass is 426 g/mol. The van der Waals surface area contributed by atoms with Crippen molar-refractivity contribution >= 4 is 0 Å². The lowest BCUT2D eigenvalue weighted by Crippen LogP contribution is -1.97. The molecule has 0 aromatic heterocycles. The molecule has 2 nitrogen and oxygen atoms in total. The third-order valence-corrected chi connectivity index (χ3v) is 6.12. The van der Waals surface area contributed by atoms with Crippen LogP contribution in [0.15, 0.2) is 0 Å². The average Bonchev–Trinajstić information content (AvgIpc) is 2.76. The molecule has 0 rings (SSSR count). The Kier molecular flexibility index (Phi) is 35.9. The molecule has 0 heterocycles. The predicted molar refractivity (Wildman–Crippen MR) is 140 cm³/mol. The zero-order valence-electron chi connectivity index (χ0n) is 21.5. The van der Waals surface area contributed by atoms with Crippen LogP contribution >= 0.6 is 0 Å². The van der Waals surface area contributed by atoms with Crippen molar-refractivity contribution in [3.05, 3.63) is 0 Å². The lowest BCUT2D eigenvalue weighted by atomic mass is 10.0. The first-order valence-electron chi connectivity index (χ1n) is 14.2. The summed E-state index contributed by atoms with van der Waals surface area (Å²) in [7, 11) is 0. The Bertz CT molecular complexity index is 231. The third-order valence-electron chi connectivity index (χ3n) is 6.12. The quantitative estimate of drug-likeness (QED) is 0.151. The fourth-order valence-electron chi connectivity index (χ4n) is 3.97. The normalized spacial score (nSPS) is 10.8. The van der Waals surface area contributed by atoms with Crippen molar-refractivity contribution in [2.45, 2.75) is 168 Å². The molecule has 0 unspecified atom stereocenters. The molecule has 0 fully saturated rings. The molecule has 0 bridgehead atoms. The molecule has 0 radical (unpaired) electrons. The molecule has 0 aliphatic heterocycles. The van der Waals surface area contributed by atoms with Crippen LogP contribution in [0.3, 0.4) is 0 Å². The number of nitrogens with two attached hydrogens (primary N) is 2. The summed E-state index contributed by atoms with van der Waals surface area (Å²) in [4.78, 5) is 0. The number of hydrogen-bond donors (Lipinski definition) is 2. The maximum atomic E-state index is 5.47. The van der Waals surface area contributed by atoms with Crippen LogP contribution in [-0.4, -0.2) is 13.1 Å². The Balaban J connectivity index is 0. The minimum absolute atomic E-state index is 0.872. The highest BCUT2D eigenvalue weighted by atomic mass is 14.5. The van der Waals surface area contributed by atoms with Crippen molar-refractivity contribution in [1.29, 1.82) is 0 Å². The van der Waals surface area contributed by atoms with Gasteiger partial charge in [-0.25, -0.2) is 0 Å². The van der Waals surface area contributed by atoms with Crippen LogP contribution in [0.2, 0.25) is 0 Å². The van der Waals surface area contributed by atoms with Gasteiger partial charge < -0.3 is 11.5 Å². The molecule has 0 spiro atoms. The van der Waals surface area contributed by atoms with Gasteiger partial charge in [0.15, 0.2) is 0 Å². The van der Waals surface area contributed by atoms with Gasteiger partial charge in [-0.2, -0.15) is 0 Å². The molecule has 0 aromatic carbocycles. The fraction of sp³-hybridized carbons (Fsp3) is 1.00. The summed E-state index contributed by atoms with van der Waals surface area (Å²) in [6, 6.07) is 0. The zero-order chi connectivity index (χ0) is 22.4. The summed E-state index contributed by atoms with van der Waals surface area (Å²) < 4.78 is 0. The Morgan fingerprint density at radius 1 is 0.267 bits per heavy atom. The van der Waals surface area contributed by atoms with Crippen molar-refractivity contribution in [3.63, 3.8) is 0 Å². The van der Waals surface area contributed by atoms with Gasteiger partial charge in [0.1, 0.15) is 0 Å². The smallest absolute Gasteiger partial charge is 0.00773 e. The van der Waals surface area contributed by atoms with Gasteiger partial charge in [0, 0.05) is 0 Å². The molecule has 0 atom stereocenters. The summed E-state index contributed by atoms with van der Waals surface area (Å²) in [6.45, 7) is 6.30. The van der Waals surface area contributed by atoms with Crippen LogP contribution in [0.5, 0.6) is 0 Å². The molecule has 0 saturated carbocycles. The second kappa shape index (κ2) is 33.6. The number of unbranched alkanes of at least 4 members (excludes halogenated alkanes) is 22. The lowest BCUT2D eigenvalue weighted by Gasteiger charge is -2.02.